The van der Waals surface area contributed by atoms with E-state index in [0.29, 0.717) is 6.04 Å². The maximum absolute atomic E-state index is 9.82. The van der Waals surface area contributed by atoms with Crippen LogP contribution in [0.5, 0.6) is 0 Å². The highest BCUT2D eigenvalue weighted by Crippen LogP contribution is 2.30. The summed E-state index contributed by atoms with van der Waals surface area (Å²) in [6.07, 6.45) is 7.48. The van der Waals surface area contributed by atoms with Crippen LogP contribution in [0.4, 0.5) is 0 Å². The van der Waals surface area contributed by atoms with E-state index in [1.54, 1.807) is 0 Å². The number of aliphatic hydroxyl groups is 1. The van der Waals surface area contributed by atoms with Gasteiger partial charge in [0.05, 0.1) is 6.10 Å². The molecule has 0 amide bonds. The van der Waals surface area contributed by atoms with Crippen LogP contribution >= 0.6 is 0 Å². The number of hydrogen-bond donors (Lipinski definition) is 1. The van der Waals surface area contributed by atoms with E-state index >= 15 is 0 Å². The van der Waals surface area contributed by atoms with Crippen LogP contribution in [0.2, 0.25) is 0 Å². The summed E-state index contributed by atoms with van der Waals surface area (Å²) in [5.74, 6) is 0.910. The number of aliphatic hydroxyl groups excluding tert-OH is 1. The molecule has 14 heavy (non-hydrogen) atoms. The van der Waals surface area contributed by atoms with Gasteiger partial charge in [0, 0.05) is 12.6 Å². The van der Waals surface area contributed by atoms with Crippen molar-refractivity contribution in [2.24, 2.45) is 5.92 Å². The van der Waals surface area contributed by atoms with Crippen molar-refractivity contribution in [3.63, 3.8) is 0 Å². The van der Waals surface area contributed by atoms with E-state index in [1.807, 2.05) is 0 Å². The maximum atomic E-state index is 9.82. The molecule has 1 heterocycles. The Morgan fingerprint density at radius 2 is 2.14 bits per heavy atom. The van der Waals surface area contributed by atoms with Crippen molar-refractivity contribution < 1.29 is 5.11 Å². The van der Waals surface area contributed by atoms with Crippen molar-refractivity contribution in [2.45, 2.75) is 57.6 Å². The summed E-state index contributed by atoms with van der Waals surface area (Å²) < 4.78 is 0. The van der Waals surface area contributed by atoms with Gasteiger partial charge >= 0.3 is 0 Å². The highest BCUT2D eigenvalue weighted by Gasteiger charge is 2.34. The first-order chi connectivity index (χ1) is 6.81. The molecule has 0 spiro atoms. The second-order valence-corrected chi connectivity index (χ2v) is 5.00. The lowest BCUT2D eigenvalue weighted by atomic mass is 10.0. The second-order valence-electron chi connectivity index (χ2n) is 5.00. The van der Waals surface area contributed by atoms with Gasteiger partial charge in [-0.3, -0.25) is 4.90 Å². The van der Waals surface area contributed by atoms with Gasteiger partial charge < -0.3 is 5.11 Å². The zero-order valence-corrected chi connectivity index (χ0v) is 9.28. The van der Waals surface area contributed by atoms with Gasteiger partial charge in [0.25, 0.3) is 0 Å². The first-order valence-corrected chi connectivity index (χ1v) is 6.23. The average molecular weight is 197 g/mol. The molecule has 2 aliphatic rings. The summed E-state index contributed by atoms with van der Waals surface area (Å²) in [7, 11) is 0. The van der Waals surface area contributed by atoms with E-state index in [4.69, 9.17) is 0 Å². The van der Waals surface area contributed by atoms with Gasteiger partial charge in [-0.15, -0.1) is 0 Å². The average Bonchev–Trinajstić information content (AvgIpc) is 2.74. The molecule has 0 bridgehead atoms. The molecule has 1 unspecified atom stereocenters. The number of rotatable bonds is 3. The van der Waals surface area contributed by atoms with Crippen LogP contribution < -0.4 is 0 Å². The van der Waals surface area contributed by atoms with Crippen molar-refractivity contribution in [3.8, 4) is 0 Å². The summed E-state index contributed by atoms with van der Waals surface area (Å²) in [6.45, 7) is 4.75. The fourth-order valence-corrected chi connectivity index (χ4v) is 3.15. The zero-order chi connectivity index (χ0) is 9.97. The van der Waals surface area contributed by atoms with Crippen LogP contribution in [0.25, 0.3) is 0 Å². The fourth-order valence-electron chi connectivity index (χ4n) is 3.15. The van der Waals surface area contributed by atoms with Crippen molar-refractivity contribution in [1.82, 2.24) is 4.90 Å². The van der Waals surface area contributed by atoms with E-state index in [1.165, 1.54) is 45.2 Å². The molecule has 82 valence electrons. The lowest BCUT2D eigenvalue weighted by molar-refractivity contribution is 0.0828. The summed E-state index contributed by atoms with van der Waals surface area (Å²) >= 11 is 0. The largest absolute Gasteiger partial charge is 0.391 e. The Bertz CT molecular complexity index is 183. The standard InChI is InChI=1S/C12H23NO/c1-2-4-10-7-8-13(9-10)11-5-3-6-12(11)14/h10-12,14H,2-9H2,1H3/t10?,11-,12-/m1/s1. The van der Waals surface area contributed by atoms with Gasteiger partial charge in [0.2, 0.25) is 0 Å². The fraction of sp³-hybridized carbons (Fsp3) is 1.00. The molecule has 1 aliphatic heterocycles. The van der Waals surface area contributed by atoms with E-state index in [0.717, 1.165) is 12.3 Å². The first kappa shape index (κ1) is 10.4. The Balaban J connectivity index is 1.82. The molecule has 1 saturated heterocycles. The molecule has 1 aliphatic carbocycles. The summed E-state index contributed by atoms with van der Waals surface area (Å²) in [6, 6.07) is 0.497. The van der Waals surface area contributed by atoms with Crippen LogP contribution in [0.1, 0.15) is 45.4 Å². The van der Waals surface area contributed by atoms with Crippen LogP contribution in [0.3, 0.4) is 0 Å². The normalized spacial score (nSPS) is 39.4. The predicted octanol–water partition coefficient (Wildman–Crippen LogP) is 2.02. The predicted molar refractivity (Wildman–Crippen MR) is 58.2 cm³/mol. The lowest BCUT2D eigenvalue weighted by Gasteiger charge is -2.26. The Labute approximate surface area is 87.3 Å². The van der Waals surface area contributed by atoms with Crippen LogP contribution in [0.15, 0.2) is 0 Å². The Morgan fingerprint density at radius 1 is 1.29 bits per heavy atom. The number of hydrogen-bond acceptors (Lipinski definition) is 2. The topological polar surface area (TPSA) is 23.5 Å². The van der Waals surface area contributed by atoms with Crippen molar-refractivity contribution in [2.75, 3.05) is 13.1 Å². The lowest BCUT2D eigenvalue weighted by Crippen LogP contribution is -2.38. The molecule has 0 aromatic heterocycles. The highest BCUT2D eigenvalue weighted by molar-refractivity contribution is 4.89. The van der Waals surface area contributed by atoms with Gasteiger partial charge in [-0.25, -0.2) is 0 Å². The molecule has 2 nitrogen and oxygen atoms in total. The van der Waals surface area contributed by atoms with E-state index in [-0.39, 0.29) is 6.10 Å². The third-order valence-corrected chi connectivity index (χ3v) is 3.93. The minimum absolute atomic E-state index is 0.0321. The van der Waals surface area contributed by atoms with E-state index < -0.39 is 0 Å². The van der Waals surface area contributed by atoms with Gasteiger partial charge in [-0.2, -0.15) is 0 Å². The molecule has 3 atom stereocenters. The maximum Gasteiger partial charge on any atom is 0.0695 e. The molecule has 0 radical (unpaired) electrons. The third-order valence-electron chi connectivity index (χ3n) is 3.93. The first-order valence-electron chi connectivity index (χ1n) is 6.23. The Morgan fingerprint density at radius 3 is 2.79 bits per heavy atom. The van der Waals surface area contributed by atoms with E-state index in [2.05, 4.69) is 11.8 Å². The van der Waals surface area contributed by atoms with Gasteiger partial charge in [-0.05, 0) is 44.6 Å². The van der Waals surface area contributed by atoms with Crippen molar-refractivity contribution >= 4 is 0 Å². The monoisotopic (exact) mass is 197 g/mol. The highest BCUT2D eigenvalue weighted by atomic mass is 16.3. The van der Waals surface area contributed by atoms with Crippen molar-refractivity contribution in [3.05, 3.63) is 0 Å². The Hall–Kier alpha value is -0.0800. The molecule has 0 aromatic rings. The van der Waals surface area contributed by atoms with E-state index in [9.17, 15) is 5.11 Å². The quantitative estimate of drug-likeness (QED) is 0.748. The van der Waals surface area contributed by atoms with Crippen LogP contribution in [-0.4, -0.2) is 35.2 Å². The van der Waals surface area contributed by atoms with Gasteiger partial charge in [-0.1, -0.05) is 13.3 Å². The molecule has 2 heteroatoms. The second kappa shape index (κ2) is 4.63. The summed E-state index contributed by atoms with van der Waals surface area (Å²) in [5, 5.41) is 9.82. The molecular formula is C12H23NO. The molecule has 2 rings (SSSR count). The number of likely N-dealkylation sites (tertiary alicyclic amines) is 1. The van der Waals surface area contributed by atoms with Crippen molar-refractivity contribution in [1.29, 1.82) is 0 Å². The molecule has 1 saturated carbocycles. The molecule has 1 N–H and O–H groups in total. The summed E-state index contributed by atoms with van der Waals surface area (Å²) in [5.41, 5.74) is 0. The Kier molecular flexibility index (Phi) is 3.45. The SMILES string of the molecule is CCCC1CCN([C@@H]2CCC[C@H]2O)C1. The molecule has 0 aromatic carbocycles. The number of nitrogens with zero attached hydrogens (tertiary/aromatic N) is 1. The minimum Gasteiger partial charge on any atom is -0.391 e. The minimum atomic E-state index is -0.0321. The van der Waals surface area contributed by atoms with Gasteiger partial charge in [0.15, 0.2) is 0 Å². The zero-order valence-electron chi connectivity index (χ0n) is 9.28. The van der Waals surface area contributed by atoms with Gasteiger partial charge in [0.1, 0.15) is 0 Å². The van der Waals surface area contributed by atoms with Crippen LogP contribution in [-0.2, 0) is 0 Å². The smallest absolute Gasteiger partial charge is 0.0695 e. The summed E-state index contributed by atoms with van der Waals surface area (Å²) in [4.78, 5) is 2.54. The third kappa shape index (κ3) is 2.12. The molecular weight excluding hydrogens is 174 g/mol. The molecule has 2 fully saturated rings. The van der Waals surface area contributed by atoms with Crippen LogP contribution in [0, 0.1) is 5.92 Å².